The van der Waals surface area contributed by atoms with E-state index in [0.717, 1.165) is 5.56 Å². The number of hydrogen-bond donors (Lipinski definition) is 2. The van der Waals surface area contributed by atoms with Crippen LogP contribution in [-0.2, 0) is 14.8 Å². The maximum Gasteiger partial charge on any atom is 0.243 e. The Hall–Kier alpha value is -1.44. The Bertz CT molecular complexity index is 597. The van der Waals surface area contributed by atoms with Gasteiger partial charge >= 0.3 is 0 Å². The molecule has 0 atom stereocenters. The van der Waals surface area contributed by atoms with Crippen molar-refractivity contribution in [3.05, 3.63) is 23.8 Å². The predicted molar refractivity (Wildman–Crippen MR) is 78.9 cm³/mol. The number of nitrogens with two attached hydrogens (primary N) is 1. The van der Waals surface area contributed by atoms with Gasteiger partial charge in [0.05, 0.1) is 11.4 Å². The van der Waals surface area contributed by atoms with Crippen molar-refractivity contribution >= 4 is 21.6 Å². The topological polar surface area (TPSA) is 92.5 Å². The van der Waals surface area contributed by atoms with Crippen LogP contribution < -0.4 is 11.1 Å². The molecule has 0 fully saturated rings. The summed E-state index contributed by atoms with van der Waals surface area (Å²) in [6.45, 7) is 5.22. The Morgan fingerprint density at radius 2 is 2.00 bits per heavy atom. The largest absolute Gasteiger partial charge is 0.325 e. The zero-order chi connectivity index (χ0) is 15.5. The second kappa shape index (κ2) is 6.34. The quantitative estimate of drug-likeness (QED) is 0.845. The van der Waals surface area contributed by atoms with Crippen LogP contribution in [0.2, 0.25) is 0 Å². The molecule has 1 rings (SSSR count). The Morgan fingerprint density at radius 1 is 1.40 bits per heavy atom. The Labute approximate surface area is 120 Å². The molecule has 1 aromatic rings. The molecule has 0 aliphatic rings. The highest BCUT2D eigenvalue weighted by molar-refractivity contribution is 7.89. The summed E-state index contributed by atoms with van der Waals surface area (Å²) in [6.07, 6.45) is 0. The lowest BCUT2D eigenvalue weighted by Crippen LogP contribution is -2.33. The van der Waals surface area contributed by atoms with E-state index in [1.54, 1.807) is 26.8 Å². The van der Waals surface area contributed by atoms with Gasteiger partial charge in [-0.15, -0.1) is 0 Å². The molecule has 3 N–H and O–H groups in total. The zero-order valence-corrected chi connectivity index (χ0v) is 13.0. The van der Waals surface area contributed by atoms with E-state index < -0.39 is 10.0 Å². The zero-order valence-electron chi connectivity index (χ0n) is 12.2. The third-order valence-electron chi connectivity index (χ3n) is 3.07. The van der Waals surface area contributed by atoms with Crippen molar-refractivity contribution in [2.45, 2.75) is 31.7 Å². The van der Waals surface area contributed by atoms with E-state index >= 15 is 0 Å². The normalized spacial score (nSPS) is 11.9. The summed E-state index contributed by atoms with van der Waals surface area (Å²) in [4.78, 5) is 11.5. The van der Waals surface area contributed by atoms with Crippen molar-refractivity contribution < 1.29 is 13.2 Å². The molecule has 0 saturated carbocycles. The number of carbonyl (C=O) groups is 1. The number of hydrogen-bond acceptors (Lipinski definition) is 4. The van der Waals surface area contributed by atoms with Crippen molar-refractivity contribution in [3.63, 3.8) is 0 Å². The van der Waals surface area contributed by atoms with E-state index in [1.165, 1.54) is 23.5 Å². The van der Waals surface area contributed by atoms with E-state index in [0.29, 0.717) is 5.69 Å². The van der Waals surface area contributed by atoms with Crippen LogP contribution in [0.3, 0.4) is 0 Å². The van der Waals surface area contributed by atoms with Crippen LogP contribution in [0.1, 0.15) is 19.4 Å². The summed E-state index contributed by atoms with van der Waals surface area (Å²) >= 11 is 0. The lowest BCUT2D eigenvalue weighted by atomic mass is 10.2. The number of benzene rings is 1. The van der Waals surface area contributed by atoms with Gasteiger partial charge in [-0.25, -0.2) is 8.42 Å². The molecular weight excluding hydrogens is 278 g/mol. The number of amides is 1. The number of carbonyl (C=O) groups excluding carboxylic acids is 1. The monoisotopic (exact) mass is 299 g/mol. The molecule has 0 unspecified atom stereocenters. The summed E-state index contributed by atoms with van der Waals surface area (Å²) in [5, 5.41) is 2.59. The van der Waals surface area contributed by atoms with Crippen LogP contribution in [0.25, 0.3) is 0 Å². The molecule has 112 valence electrons. The third-order valence-corrected chi connectivity index (χ3v) is 5.10. The van der Waals surface area contributed by atoms with E-state index in [2.05, 4.69) is 5.32 Å². The number of rotatable bonds is 5. The van der Waals surface area contributed by atoms with Crippen LogP contribution in [0, 0.1) is 6.92 Å². The third kappa shape index (κ3) is 3.56. The minimum atomic E-state index is -3.57. The Morgan fingerprint density at radius 3 is 2.50 bits per heavy atom. The molecule has 0 saturated heterocycles. The lowest BCUT2D eigenvalue weighted by Gasteiger charge is -2.21. The van der Waals surface area contributed by atoms with Gasteiger partial charge in [0.2, 0.25) is 15.9 Å². The molecule has 20 heavy (non-hydrogen) atoms. The molecule has 1 amide bonds. The molecule has 1 aromatic carbocycles. The molecular formula is C13H21N3O3S. The smallest absolute Gasteiger partial charge is 0.243 e. The fourth-order valence-electron chi connectivity index (χ4n) is 1.54. The summed E-state index contributed by atoms with van der Waals surface area (Å²) in [5.74, 6) is -0.361. The summed E-state index contributed by atoms with van der Waals surface area (Å²) in [5.41, 5.74) is 6.48. The molecule has 0 aliphatic carbocycles. The highest BCUT2D eigenvalue weighted by atomic mass is 32.2. The first-order valence-electron chi connectivity index (χ1n) is 6.28. The first-order valence-corrected chi connectivity index (χ1v) is 7.72. The van der Waals surface area contributed by atoms with Crippen molar-refractivity contribution in [3.8, 4) is 0 Å². The minimum absolute atomic E-state index is 0.145. The van der Waals surface area contributed by atoms with Crippen LogP contribution in [0.5, 0.6) is 0 Å². The van der Waals surface area contributed by atoms with Gasteiger partial charge in [-0.1, -0.05) is 6.07 Å². The van der Waals surface area contributed by atoms with Crippen LogP contribution >= 0.6 is 0 Å². The average Bonchev–Trinajstić information content (AvgIpc) is 2.39. The maximum atomic E-state index is 12.4. The van der Waals surface area contributed by atoms with Gasteiger partial charge in [-0.3, -0.25) is 4.79 Å². The standard InChI is InChI=1S/C13H21N3O3S/c1-9(2)16(4)20(18,19)11-6-5-10(3)12(7-11)15-13(17)8-14/h5-7,9H,8,14H2,1-4H3,(H,15,17). The van der Waals surface area contributed by atoms with Crippen molar-refractivity contribution in [1.82, 2.24) is 4.31 Å². The van der Waals surface area contributed by atoms with Crippen LogP contribution in [-0.4, -0.2) is 38.3 Å². The molecule has 0 aliphatic heterocycles. The number of anilines is 1. The van der Waals surface area contributed by atoms with E-state index in [1.807, 2.05) is 0 Å². The number of nitrogens with zero attached hydrogens (tertiary/aromatic N) is 1. The van der Waals surface area contributed by atoms with E-state index in [-0.39, 0.29) is 23.4 Å². The number of sulfonamides is 1. The Balaban J connectivity index is 3.21. The van der Waals surface area contributed by atoms with Gasteiger partial charge in [0.25, 0.3) is 0 Å². The van der Waals surface area contributed by atoms with Crippen LogP contribution in [0.15, 0.2) is 23.1 Å². The predicted octanol–water partition coefficient (Wildman–Crippen LogP) is 0.921. The summed E-state index contributed by atoms with van der Waals surface area (Å²) in [7, 11) is -2.04. The molecule has 0 heterocycles. The maximum absolute atomic E-state index is 12.4. The lowest BCUT2D eigenvalue weighted by molar-refractivity contribution is -0.114. The number of aryl methyl sites for hydroxylation is 1. The number of nitrogens with one attached hydrogen (secondary N) is 1. The first kappa shape index (κ1) is 16.6. The Kier molecular flexibility index (Phi) is 5.27. The van der Waals surface area contributed by atoms with Gasteiger partial charge in [0.15, 0.2) is 0 Å². The van der Waals surface area contributed by atoms with Gasteiger partial charge in [0.1, 0.15) is 0 Å². The second-order valence-electron chi connectivity index (χ2n) is 4.84. The fourth-order valence-corrected chi connectivity index (χ4v) is 2.94. The SMILES string of the molecule is Cc1ccc(S(=O)(=O)N(C)C(C)C)cc1NC(=O)CN. The molecule has 6 nitrogen and oxygen atoms in total. The molecule has 0 spiro atoms. The average molecular weight is 299 g/mol. The molecule has 0 radical (unpaired) electrons. The molecule has 7 heteroatoms. The van der Waals surface area contributed by atoms with Crippen molar-refractivity contribution in [2.75, 3.05) is 18.9 Å². The van der Waals surface area contributed by atoms with Gasteiger partial charge in [-0.05, 0) is 38.5 Å². The highest BCUT2D eigenvalue weighted by Crippen LogP contribution is 2.23. The van der Waals surface area contributed by atoms with E-state index in [4.69, 9.17) is 5.73 Å². The second-order valence-corrected chi connectivity index (χ2v) is 6.84. The fraction of sp³-hybridized carbons (Fsp3) is 0.462. The van der Waals surface area contributed by atoms with E-state index in [9.17, 15) is 13.2 Å². The first-order chi connectivity index (χ1) is 9.20. The summed E-state index contributed by atoms with van der Waals surface area (Å²) < 4.78 is 26.0. The summed E-state index contributed by atoms with van der Waals surface area (Å²) in [6, 6.07) is 4.50. The van der Waals surface area contributed by atoms with Gasteiger partial charge in [0, 0.05) is 18.8 Å². The van der Waals surface area contributed by atoms with Gasteiger partial charge in [-0.2, -0.15) is 4.31 Å². The molecule has 0 aromatic heterocycles. The van der Waals surface area contributed by atoms with Gasteiger partial charge < -0.3 is 11.1 Å². The van der Waals surface area contributed by atoms with Crippen molar-refractivity contribution in [2.24, 2.45) is 5.73 Å². The van der Waals surface area contributed by atoms with Crippen molar-refractivity contribution in [1.29, 1.82) is 0 Å². The molecule has 0 bridgehead atoms. The van der Waals surface area contributed by atoms with Crippen LogP contribution in [0.4, 0.5) is 5.69 Å². The minimum Gasteiger partial charge on any atom is -0.325 e. The highest BCUT2D eigenvalue weighted by Gasteiger charge is 2.23.